The van der Waals surface area contributed by atoms with Crippen LogP contribution in [0.15, 0.2) is 4.99 Å². The van der Waals surface area contributed by atoms with Crippen LogP contribution in [0.2, 0.25) is 0 Å². The van der Waals surface area contributed by atoms with E-state index in [2.05, 4.69) is 24.1 Å². The number of fused-ring (bicyclic) bond motifs is 1. The van der Waals surface area contributed by atoms with Crippen molar-refractivity contribution in [3.63, 3.8) is 0 Å². The van der Waals surface area contributed by atoms with Gasteiger partial charge in [0.15, 0.2) is 5.96 Å². The number of likely N-dealkylation sites (tertiary alicyclic amines) is 1. The second-order valence-corrected chi connectivity index (χ2v) is 7.18. The van der Waals surface area contributed by atoms with Crippen molar-refractivity contribution >= 4 is 5.96 Å². The maximum Gasteiger partial charge on any atom is 0.193 e. The Hall–Kier alpha value is -0.770. The van der Waals surface area contributed by atoms with Gasteiger partial charge in [0, 0.05) is 25.0 Å². The Labute approximate surface area is 123 Å². The molecule has 0 bridgehead atoms. The van der Waals surface area contributed by atoms with E-state index in [0.717, 1.165) is 44.1 Å². The summed E-state index contributed by atoms with van der Waals surface area (Å²) in [5.41, 5.74) is 0.271. The van der Waals surface area contributed by atoms with E-state index in [1.807, 2.05) is 0 Å². The Morgan fingerprint density at radius 2 is 1.90 bits per heavy atom. The summed E-state index contributed by atoms with van der Waals surface area (Å²) in [7, 11) is 0. The molecule has 3 aliphatic rings. The fourth-order valence-electron chi connectivity index (χ4n) is 3.81. The Morgan fingerprint density at radius 1 is 1.25 bits per heavy atom. The first-order valence-corrected chi connectivity index (χ1v) is 8.31. The van der Waals surface area contributed by atoms with Crippen molar-refractivity contribution in [3.8, 4) is 0 Å². The van der Waals surface area contributed by atoms with Crippen molar-refractivity contribution in [3.05, 3.63) is 0 Å². The number of hydrogen-bond acceptors (Lipinski definition) is 2. The highest BCUT2D eigenvalue weighted by atomic mass is 16.5. The maximum atomic E-state index is 5.33. The van der Waals surface area contributed by atoms with Crippen LogP contribution in [0.3, 0.4) is 0 Å². The molecule has 2 aliphatic heterocycles. The standard InChI is InChI=1S/C16H29N3O/c1-3-17-15(18-10-16(2)11-20-12-16)19-8-13-6-4-5-7-14(13)9-19/h13-14H,3-12H2,1-2H3,(H,17,18). The molecule has 0 aromatic heterocycles. The number of ether oxygens (including phenoxy) is 1. The van der Waals surface area contributed by atoms with E-state index >= 15 is 0 Å². The molecule has 2 saturated heterocycles. The zero-order valence-corrected chi connectivity index (χ0v) is 13.0. The number of hydrogen-bond donors (Lipinski definition) is 1. The molecule has 20 heavy (non-hydrogen) atoms. The summed E-state index contributed by atoms with van der Waals surface area (Å²) in [5, 5.41) is 3.49. The monoisotopic (exact) mass is 279 g/mol. The second kappa shape index (κ2) is 5.92. The second-order valence-electron chi connectivity index (χ2n) is 7.18. The molecule has 3 rings (SSSR count). The molecule has 0 radical (unpaired) electrons. The number of rotatable bonds is 3. The predicted molar refractivity (Wildman–Crippen MR) is 81.9 cm³/mol. The predicted octanol–water partition coefficient (Wildman–Crippen LogP) is 2.11. The summed E-state index contributed by atoms with van der Waals surface area (Å²) in [6, 6.07) is 0. The summed E-state index contributed by atoms with van der Waals surface area (Å²) in [5.74, 6) is 2.96. The number of nitrogens with one attached hydrogen (secondary N) is 1. The molecule has 0 spiro atoms. The summed E-state index contributed by atoms with van der Waals surface area (Å²) in [6.07, 6.45) is 5.70. The van der Waals surface area contributed by atoms with Crippen molar-refractivity contribution in [2.75, 3.05) is 39.4 Å². The van der Waals surface area contributed by atoms with Gasteiger partial charge in [0.05, 0.1) is 19.8 Å². The highest BCUT2D eigenvalue weighted by Gasteiger charge is 2.37. The van der Waals surface area contributed by atoms with E-state index in [-0.39, 0.29) is 5.41 Å². The summed E-state index contributed by atoms with van der Waals surface area (Å²) in [6.45, 7) is 10.4. The largest absolute Gasteiger partial charge is 0.380 e. The van der Waals surface area contributed by atoms with E-state index in [4.69, 9.17) is 9.73 Å². The fourth-order valence-corrected chi connectivity index (χ4v) is 3.81. The average Bonchev–Trinajstić information content (AvgIpc) is 2.85. The highest BCUT2D eigenvalue weighted by molar-refractivity contribution is 5.80. The lowest BCUT2D eigenvalue weighted by molar-refractivity contribution is -0.0945. The molecular formula is C16H29N3O. The van der Waals surface area contributed by atoms with Gasteiger partial charge in [-0.15, -0.1) is 0 Å². The van der Waals surface area contributed by atoms with Gasteiger partial charge >= 0.3 is 0 Å². The third-order valence-electron chi connectivity index (χ3n) is 5.12. The molecule has 4 heteroatoms. The average molecular weight is 279 g/mol. The first-order chi connectivity index (χ1) is 9.70. The zero-order valence-electron chi connectivity index (χ0n) is 13.0. The minimum absolute atomic E-state index is 0.271. The molecule has 2 unspecified atom stereocenters. The van der Waals surface area contributed by atoms with Crippen LogP contribution in [-0.4, -0.2) is 50.3 Å². The van der Waals surface area contributed by atoms with Gasteiger partial charge in [-0.05, 0) is 31.6 Å². The smallest absolute Gasteiger partial charge is 0.193 e. The molecule has 1 saturated carbocycles. The minimum atomic E-state index is 0.271. The Balaban J connectivity index is 1.62. The zero-order chi connectivity index (χ0) is 14.0. The summed E-state index contributed by atoms with van der Waals surface area (Å²) < 4.78 is 5.33. The van der Waals surface area contributed by atoms with Crippen molar-refractivity contribution < 1.29 is 4.74 Å². The van der Waals surface area contributed by atoms with Crippen LogP contribution in [0.1, 0.15) is 39.5 Å². The van der Waals surface area contributed by atoms with Gasteiger partial charge in [-0.2, -0.15) is 0 Å². The number of nitrogens with zero attached hydrogens (tertiary/aromatic N) is 2. The topological polar surface area (TPSA) is 36.9 Å². The molecule has 4 nitrogen and oxygen atoms in total. The summed E-state index contributed by atoms with van der Waals surface area (Å²) >= 11 is 0. The van der Waals surface area contributed by atoms with Crippen LogP contribution < -0.4 is 5.32 Å². The third-order valence-corrected chi connectivity index (χ3v) is 5.12. The van der Waals surface area contributed by atoms with Crippen LogP contribution in [0.25, 0.3) is 0 Å². The van der Waals surface area contributed by atoms with Crippen LogP contribution in [0.5, 0.6) is 0 Å². The molecule has 0 aromatic carbocycles. The highest BCUT2D eigenvalue weighted by Crippen LogP contribution is 2.36. The summed E-state index contributed by atoms with van der Waals surface area (Å²) in [4.78, 5) is 7.41. The lowest BCUT2D eigenvalue weighted by atomic mass is 9.82. The van der Waals surface area contributed by atoms with Gasteiger partial charge in [0.25, 0.3) is 0 Å². The first kappa shape index (κ1) is 14.2. The van der Waals surface area contributed by atoms with Crippen molar-refractivity contribution in [1.82, 2.24) is 10.2 Å². The Kier molecular flexibility index (Phi) is 4.20. The normalized spacial score (nSPS) is 32.7. The van der Waals surface area contributed by atoms with E-state index in [0.29, 0.717) is 0 Å². The van der Waals surface area contributed by atoms with Crippen LogP contribution >= 0.6 is 0 Å². The lowest BCUT2D eigenvalue weighted by Gasteiger charge is -2.37. The van der Waals surface area contributed by atoms with Crippen LogP contribution in [-0.2, 0) is 4.74 Å². The first-order valence-electron chi connectivity index (χ1n) is 8.31. The van der Waals surface area contributed by atoms with Crippen LogP contribution in [0, 0.1) is 17.3 Å². The Bertz CT molecular complexity index is 351. The molecule has 0 amide bonds. The molecule has 0 aromatic rings. The molecule has 3 fully saturated rings. The minimum Gasteiger partial charge on any atom is -0.380 e. The molecule has 2 atom stereocenters. The lowest BCUT2D eigenvalue weighted by Crippen LogP contribution is -2.45. The van der Waals surface area contributed by atoms with E-state index in [1.54, 1.807) is 0 Å². The molecule has 2 heterocycles. The molecule has 1 N–H and O–H groups in total. The number of guanidine groups is 1. The van der Waals surface area contributed by atoms with Gasteiger partial charge in [-0.25, -0.2) is 0 Å². The Morgan fingerprint density at radius 3 is 2.40 bits per heavy atom. The van der Waals surface area contributed by atoms with Crippen molar-refractivity contribution in [1.29, 1.82) is 0 Å². The van der Waals surface area contributed by atoms with Gasteiger partial charge in [-0.3, -0.25) is 4.99 Å². The molecule has 1 aliphatic carbocycles. The third kappa shape index (κ3) is 2.95. The fraction of sp³-hybridized carbons (Fsp3) is 0.938. The van der Waals surface area contributed by atoms with E-state index in [9.17, 15) is 0 Å². The van der Waals surface area contributed by atoms with Crippen molar-refractivity contribution in [2.24, 2.45) is 22.2 Å². The van der Waals surface area contributed by atoms with Gasteiger partial charge in [0.2, 0.25) is 0 Å². The maximum absolute atomic E-state index is 5.33. The van der Waals surface area contributed by atoms with E-state index < -0.39 is 0 Å². The van der Waals surface area contributed by atoms with Gasteiger partial charge < -0.3 is 15.0 Å². The van der Waals surface area contributed by atoms with Crippen LogP contribution in [0.4, 0.5) is 0 Å². The van der Waals surface area contributed by atoms with Crippen molar-refractivity contribution in [2.45, 2.75) is 39.5 Å². The number of aliphatic imine (C=N–C) groups is 1. The van der Waals surface area contributed by atoms with E-state index in [1.165, 1.54) is 38.8 Å². The molecular weight excluding hydrogens is 250 g/mol. The van der Waals surface area contributed by atoms with Gasteiger partial charge in [0.1, 0.15) is 0 Å². The quantitative estimate of drug-likeness (QED) is 0.635. The SMILES string of the molecule is CCNC(=NCC1(C)COC1)N1CC2CCCCC2C1. The molecule has 114 valence electrons. The van der Waals surface area contributed by atoms with Gasteiger partial charge in [-0.1, -0.05) is 19.8 Å².